The molecule has 98 valence electrons. The van der Waals surface area contributed by atoms with Gasteiger partial charge in [0.15, 0.2) is 5.78 Å². The van der Waals surface area contributed by atoms with Crippen LogP contribution in [0.5, 0.6) is 0 Å². The third-order valence-corrected chi connectivity index (χ3v) is 2.43. The van der Waals surface area contributed by atoms with E-state index in [-0.39, 0.29) is 11.6 Å². The van der Waals surface area contributed by atoms with Crippen molar-refractivity contribution in [2.24, 2.45) is 0 Å². The molecule has 1 rings (SSSR count). The predicted molar refractivity (Wildman–Crippen MR) is 67.8 cm³/mol. The average molecular weight is 250 g/mol. The minimum atomic E-state index is -0.872. The van der Waals surface area contributed by atoms with Gasteiger partial charge in [-0.15, -0.1) is 0 Å². The molecule has 4 heteroatoms. The van der Waals surface area contributed by atoms with Crippen molar-refractivity contribution in [3.63, 3.8) is 0 Å². The molecule has 4 nitrogen and oxygen atoms in total. The van der Waals surface area contributed by atoms with Crippen molar-refractivity contribution in [2.45, 2.75) is 27.1 Å². The zero-order valence-electron chi connectivity index (χ0n) is 10.9. The third-order valence-electron chi connectivity index (χ3n) is 2.43. The van der Waals surface area contributed by atoms with Gasteiger partial charge < -0.3 is 9.47 Å². The topological polar surface area (TPSA) is 52.6 Å². The number of carbonyl (C=O) groups excluding carboxylic acids is 2. The minimum Gasteiger partial charge on any atom is -0.346 e. The summed E-state index contributed by atoms with van der Waals surface area (Å²) < 4.78 is 10.5. The van der Waals surface area contributed by atoms with Crippen molar-refractivity contribution in [1.82, 2.24) is 0 Å². The Hall–Kier alpha value is -1.52. The highest BCUT2D eigenvalue weighted by Crippen LogP contribution is 2.10. The molecule has 0 spiro atoms. The summed E-state index contributed by atoms with van der Waals surface area (Å²) in [5.74, 6) is -0.256. The number of Topliss-reactive ketones (excluding diaryl/α,β-unsaturated/α-hetero) is 2. The van der Waals surface area contributed by atoms with Crippen LogP contribution in [0, 0.1) is 0 Å². The summed E-state index contributed by atoms with van der Waals surface area (Å²) in [5.41, 5.74) is 1.06. The summed E-state index contributed by atoms with van der Waals surface area (Å²) >= 11 is 0. The van der Waals surface area contributed by atoms with Crippen LogP contribution in [-0.2, 0) is 9.47 Å². The van der Waals surface area contributed by atoms with Gasteiger partial charge in [-0.25, -0.2) is 0 Å². The summed E-state index contributed by atoms with van der Waals surface area (Å²) in [6.45, 7) is 5.90. The van der Waals surface area contributed by atoms with Gasteiger partial charge in [0, 0.05) is 24.3 Å². The van der Waals surface area contributed by atoms with Crippen LogP contribution in [-0.4, -0.2) is 31.1 Å². The first kappa shape index (κ1) is 14.5. The summed E-state index contributed by atoms with van der Waals surface area (Å²) in [5, 5.41) is 0. The van der Waals surface area contributed by atoms with Crippen LogP contribution in [0.1, 0.15) is 41.5 Å². The molecule has 0 unspecified atom stereocenters. The molecule has 0 fully saturated rings. The number of hydrogen-bond acceptors (Lipinski definition) is 4. The van der Waals surface area contributed by atoms with Crippen molar-refractivity contribution < 1.29 is 19.1 Å². The summed E-state index contributed by atoms with van der Waals surface area (Å²) in [7, 11) is 0. The maximum absolute atomic E-state index is 12.1. The molecule has 0 bridgehead atoms. The van der Waals surface area contributed by atoms with Crippen molar-refractivity contribution in [3.05, 3.63) is 35.4 Å². The van der Waals surface area contributed by atoms with Gasteiger partial charge in [-0.2, -0.15) is 0 Å². The van der Waals surface area contributed by atoms with E-state index in [1.807, 2.05) is 0 Å². The normalized spacial score (nSPS) is 10.7. The van der Waals surface area contributed by atoms with Crippen molar-refractivity contribution in [2.75, 3.05) is 13.2 Å². The van der Waals surface area contributed by atoms with Crippen LogP contribution < -0.4 is 0 Å². The van der Waals surface area contributed by atoms with Gasteiger partial charge in [-0.3, -0.25) is 9.59 Å². The Morgan fingerprint density at radius 2 is 1.44 bits per heavy atom. The smallest absolute Gasteiger partial charge is 0.222 e. The van der Waals surface area contributed by atoms with Crippen LogP contribution in [0.25, 0.3) is 0 Å². The Labute approximate surface area is 107 Å². The van der Waals surface area contributed by atoms with Crippen molar-refractivity contribution in [1.29, 1.82) is 0 Å². The van der Waals surface area contributed by atoms with Crippen molar-refractivity contribution >= 4 is 11.6 Å². The number of carbonyl (C=O) groups is 2. The molecule has 0 heterocycles. The number of ketones is 2. The van der Waals surface area contributed by atoms with E-state index in [1.54, 1.807) is 38.1 Å². The molecule has 0 saturated heterocycles. The lowest BCUT2D eigenvalue weighted by Gasteiger charge is -2.15. The second kappa shape index (κ2) is 7.03. The lowest BCUT2D eigenvalue weighted by atomic mass is 10.1. The van der Waals surface area contributed by atoms with E-state index in [4.69, 9.17) is 9.47 Å². The molecule has 1 aromatic rings. The molecule has 0 aliphatic carbocycles. The fourth-order valence-electron chi connectivity index (χ4n) is 1.51. The Morgan fingerprint density at radius 3 is 1.83 bits per heavy atom. The first-order valence-electron chi connectivity index (χ1n) is 5.98. The summed E-state index contributed by atoms with van der Waals surface area (Å²) in [6, 6.07) is 6.49. The monoisotopic (exact) mass is 250 g/mol. The Bertz CT molecular complexity index is 402. The number of ether oxygens (including phenoxy) is 2. The quantitative estimate of drug-likeness (QED) is 0.551. The largest absolute Gasteiger partial charge is 0.346 e. The van der Waals surface area contributed by atoms with Gasteiger partial charge in [0.2, 0.25) is 12.1 Å². The molecule has 18 heavy (non-hydrogen) atoms. The van der Waals surface area contributed by atoms with Crippen LogP contribution in [0.15, 0.2) is 24.3 Å². The molecule has 0 aromatic heterocycles. The predicted octanol–water partition coefficient (Wildman–Crippen LogP) is 2.47. The zero-order valence-corrected chi connectivity index (χ0v) is 10.9. The van der Waals surface area contributed by atoms with E-state index < -0.39 is 6.29 Å². The van der Waals surface area contributed by atoms with E-state index in [9.17, 15) is 9.59 Å². The molecule has 1 aromatic carbocycles. The molecule has 0 atom stereocenters. The van der Waals surface area contributed by atoms with Gasteiger partial charge in [-0.1, -0.05) is 24.3 Å². The van der Waals surface area contributed by atoms with Crippen LogP contribution in [0.4, 0.5) is 0 Å². The molecular weight excluding hydrogens is 232 g/mol. The lowest BCUT2D eigenvalue weighted by Crippen LogP contribution is -2.27. The van der Waals surface area contributed by atoms with E-state index >= 15 is 0 Å². The second-order valence-corrected chi connectivity index (χ2v) is 3.74. The highest BCUT2D eigenvalue weighted by atomic mass is 16.7. The number of benzene rings is 1. The maximum Gasteiger partial charge on any atom is 0.222 e. The molecular formula is C14H18O4. The van der Waals surface area contributed by atoms with E-state index in [2.05, 4.69) is 0 Å². The van der Waals surface area contributed by atoms with Gasteiger partial charge in [0.05, 0.1) is 0 Å². The van der Waals surface area contributed by atoms with Crippen molar-refractivity contribution in [3.8, 4) is 0 Å². The Morgan fingerprint density at radius 1 is 1.00 bits per heavy atom. The fourth-order valence-corrected chi connectivity index (χ4v) is 1.51. The average Bonchev–Trinajstić information content (AvgIpc) is 2.38. The van der Waals surface area contributed by atoms with E-state index in [0.29, 0.717) is 24.3 Å². The SMILES string of the molecule is CCOC(OCC)C(=O)c1ccc(C(C)=O)cc1. The number of rotatable bonds is 7. The highest BCUT2D eigenvalue weighted by molar-refractivity contribution is 6.00. The Kier molecular flexibility index (Phi) is 5.68. The van der Waals surface area contributed by atoms with E-state index in [0.717, 1.165) is 0 Å². The van der Waals surface area contributed by atoms with Crippen LogP contribution in [0.3, 0.4) is 0 Å². The zero-order chi connectivity index (χ0) is 13.5. The first-order valence-corrected chi connectivity index (χ1v) is 5.98. The molecule has 0 aliphatic rings. The standard InChI is InChI=1S/C14H18O4/c1-4-17-14(18-5-2)13(16)12-8-6-11(7-9-12)10(3)15/h6-9,14H,4-5H2,1-3H3. The molecule has 0 amide bonds. The van der Waals surface area contributed by atoms with Crippen LogP contribution >= 0.6 is 0 Å². The number of hydrogen-bond donors (Lipinski definition) is 0. The van der Waals surface area contributed by atoms with Crippen LogP contribution in [0.2, 0.25) is 0 Å². The molecule has 0 radical (unpaired) electrons. The Balaban J connectivity index is 2.84. The van der Waals surface area contributed by atoms with E-state index in [1.165, 1.54) is 6.92 Å². The summed E-state index contributed by atoms with van der Waals surface area (Å²) in [4.78, 5) is 23.2. The first-order chi connectivity index (χ1) is 8.60. The maximum atomic E-state index is 12.1. The van der Waals surface area contributed by atoms with Gasteiger partial charge >= 0.3 is 0 Å². The summed E-state index contributed by atoms with van der Waals surface area (Å²) in [6.07, 6.45) is -0.872. The molecule has 0 saturated carbocycles. The highest BCUT2D eigenvalue weighted by Gasteiger charge is 2.20. The third kappa shape index (κ3) is 3.75. The van der Waals surface area contributed by atoms with Gasteiger partial charge in [0.1, 0.15) is 0 Å². The fraction of sp³-hybridized carbons (Fsp3) is 0.429. The minimum absolute atomic E-state index is 0.0276. The molecule has 0 N–H and O–H groups in total. The second-order valence-electron chi connectivity index (χ2n) is 3.74. The molecule has 0 aliphatic heterocycles. The lowest BCUT2D eigenvalue weighted by molar-refractivity contribution is -0.107. The van der Waals surface area contributed by atoms with Gasteiger partial charge in [0.25, 0.3) is 0 Å². The van der Waals surface area contributed by atoms with Gasteiger partial charge in [-0.05, 0) is 20.8 Å².